The second kappa shape index (κ2) is 4.27. The van der Waals surface area contributed by atoms with Gasteiger partial charge in [0.2, 0.25) is 0 Å². The fraction of sp³-hybridized carbons (Fsp3) is 0.0667. The number of nitrogens with zero attached hydrogens (tertiary/aromatic N) is 3. The van der Waals surface area contributed by atoms with Gasteiger partial charge < -0.3 is 4.57 Å². The molecule has 2 heterocycles. The lowest BCUT2D eigenvalue weighted by molar-refractivity contribution is 0.989. The van der Waals surface area contributed by atoms with E-state index >= 15 is 0 Å². The van der Waals surface area contributed by atoms with Crippen LogP contribution in [0.2, 0.25) is 0 Å². The van der Waals surface area contributed by atoms with Crippen molar-refractivity contribution in [3.63, 3.8) is 0 Å². The average molecular weight is 391 g/mol. The highest BCUT2D eigenvalue weighted by Gasteiger charge is 2.15. The quantitative estimate of drug-likeness (QED) is 0.431. The lowest BCUT2D eigenvalue weighted by Gasteiger charge is -2.00. The van der Waals surface area contributed by atoms with Gasteiger partial charge in [0.1, 0.15) is 5.52 Å². The minimum absolute atomic E-state index is 0.900. The predicted octanol–water partition coefficient (Wildman–Crippen LogP) is 4.80. The maximum absolute atomic E-state index is 4.78. The Morgan fingerprint density at radius 1 is 1.00 bits per heavy atom. The molecule has 5 heteroatoms. The second-order valence-corrected chi connectivity index (χ2v) is 6.50. The molecule has 0 saturated heterocycles. The summed E-state index contributed by atoms with van der Waals surface area (Å²) < 4.78 is 4.15. The normalized spacial score (nSPS) is 11.8. The van der Waals surface area contributed by atoms with Crippen molar-refractivity contribution in [1.82, 2.24) is 14.5 Å². The van der Waals surface area contributed by atoms with E-state index in [0.29, 0.717) is 0 Å². The molecule has 0 aliphatic heterocycles. The molecular weight excluding hydrogens is 382 g/mol. The third-order valence-corrected chi connectivity index (χ3v) is 4.55. The fourth-order valence-electron chi connectivity index (χ4n) is 2.60. The van der Waals surface area contributed by atoms with Gasteiger partial charge in [-0.2, -0.15) is 0 Å². The average Bonchev–Trinajstić information content (AvgIpc) is 2.70. The summed E-state index contributed by atoms with van der Waals surface area (Å²) in [6.07, 6.45) is 0. The monoisotopic (exact) mass is 389 g/mol. The number of benzene rings is 2. The molecule has 0 amide bonds. The Labute approximate surface area is 131 Å². The van der Waals surface area contributed by atoms with Gasteiger partial charge in [0, 0.05) is 21.4 Å². The number of aryl methyl sites for hydroxylation is 1. The van der Waals surface area contributed by atoms with Gasteiger partial charge in [0.15, 0.2) is 5.65 Å². The van der Waals surface area contributed by atoms with Gasteiger partial charge in [-0.15, -0.1) is 0 Å². The smallest absolute Gasteiger partial charge is 0.160 e. The van der Waals surface area contributed by atoms with E-state index in [1.54, 1.807) is 0 Å². The molecule has 3 nitrogen and oxygen atoms in total. The van der Waals surface area contributed by atoms with Crippen molar-refractivity contribution < 1.29 is 0 Å². The van der Waals surface area contributed by atoms with Crippen molar-refractivity contribution in [3.8, 4) is 0 Å². The SMILES string of the molecule is Cn1c2nc3ccccc3nc2c2cc(Br)cc(Br)c21. The molecule has 0 unspecified atom stereocenters. The van der Waals surface area contributed by atoms with Crippen LogP contribution in [0.25, 0.3) is 33.1 Å². The summed E-state index contributed by atoms with van der Waals surface area (Å²) in [4.78, 5) is 9.53. The summed E-state index contributed by atoms with van der Waals surface area (Å²) in [5.74, 6) is 0. The maximum Gasteiger partial charge on any atom is 0.160 e. The summed E-state index contributed by atoms with van der Waals surface area (Å²) >= 11 is 7.17. The fourth-order valence-corrected chi connectivity index (χ4v) is 4.09. The Hall–Kier alpha value is -1.46. The number of aromatic nitrogens is 3. The predicted molar refractivity (Wildman–Crippen MR) is 88.9 cm³/mol. The van der Waals surface area contributed by atoms with E-state index in [1.807, 2.05) is 37.4 Å². The minimum Gasteiger partial charge on any atom is -0.326 e. The van der Waals surface area contributed by atoms with Gasteiger partial charge in [-0.05, 0) is 40.2 Å². The van der Waals surface area contributed by atoms with Crippen LogP contribution in [0.15, 0.2) is 45.3 Å². The molecule has 0 atom stereocenters. The van der Waals surface area contributed by atoms with Gasteiger partial charge >= 0.3 is 0 Å². The molecule has 0 bridgehead atoms. The number of hydrogen-bond donors (Lipinski definition) is 0. The summed E-state index contributed by atoms with van der Waals surface area (Å²) in [6.45, 7) is 0. The van der Waals surface area contributed by atoms with Crippen LogP contribution in [0.4, 0.5) is 0 Å². The largest absolute Gasteiger partial charge is 0.326 e. The highest BCUT2D eigenvalue weighted by Crippen LogP contribution is 2.34. The molecule has 4 rings (SSSR count). The van der Waals surface area contributed by atoms with Gasteiger partial charge in [-0.3, -0.25) is 0 Å². The van der Waals surface area contributed by atoms with Gasteiger partial charge in [-0.25, -0.2) is 9.97 Å². The third-order valence-electron chi connectivity index (χ3n) is 3.49. The summed E-state index contributed by atoms with van der Waals surface area (Å²) in [5, 5.41) is 1.10. The molecule has 0 aliphatic rings. The van der Waals surface area contributed by atoms with Crippen LogP contribution < -0.4 is 0 Å². The number of fused-ring (bicyclic) bond motifs is 4. The van der Waals surface area contributed by atoms with E-state index in [-0.39, 0.29) is 0 Å². The van der Waals surface area contributed by atoms with Crippen LogP contribution >= 0.6 is 31.9 Å². The van der Waals surface area contributed by atoms with Gasteiger partial charge in [-0.1, -0.05) is 28.1 Å². The summed E-state index contributed by atoms with van der Waals surface area (Å²) in [6, 6.07) is 12.1. The lowest BCUT2D eigenvalue weighted by atomic mass is 10.2. The minimum atomic E-state index is 0.900. The van der Waals surface area contributed by atoms with E-state index in [1.165, 1.54) is 0 Å². The van der Waals surface area contributed by atoms with Crippen LogP contribution in [0.5, 0.6) is 0 Å². The Morgan fingerprint density at radius 3 is 2.45 bits per heavy atom. The molecule has 0 aliphatic carbocycles. The number of halogens is 2. The van der Waals surface area contributed by atoms with Crippen molar-refractivity contribution in [2.75, 3.05) is 0 Å². The van der Waals surface area contributed by atoms with Crippen molar-refractivity contribution in [1.29, 1.82) is 0 Å². The highest BCUT2D eigenvalue weighted by molar-refractivity contribution is 9.11. The topological polar surface area (TPSA) is 30.7 Å². The Morgan fingerprint density at radius 2 is 1.70 bits per heavy atom. The van der Waals surface area contributed by atoms with Crippen molar-refractivity contribution in [2.45, 2.75) is 0 Å². The maximum atomic E-state index is 4.78. The third kappa shape index (κ3) is 1.63. The van der Waals surface area contributed by atoms with Crippen LogP contribution in [0, 0.1) is 0 Å². The van der Waals surface area contributed by atoms with Crippen LogP contribution in [-0.2, 0) is 7.05 Å². The van der Waals surface area contributed by atoms with Gasteiger partial charge in [0.25, 0.3) is 0 Å². The standard InChI is InChI=1S/C15H9Br2N3/c1-20-14-9(6-8(16)7-10(14)17)13-15(20)19-12-5-3-2-4-11(12)18-13/h2-7H,1H3. The molecule has 20 heavy (non-hydrogen) atoms. The zero-order chi connectivity index (χ0) is 13.9. The number of para-hydroxylation sites is 2. The summed E-state index contributed by atoms with van der Waals surface area (Å²) in [7, 11) is 2.02. The first kappa shape index (κ1) is 12.3. The highest BCUT2D eigenvalue weighted by atomic mass is 79.9. The van der Waals surface area contributed by atoms with E-state index in [0.717, 1.165) is 42.0 Å². The Bertz CT molecular complexity index is 989. The molecule has 98 valence electrons. The molecule has 0 N–H and O–H groups in total. The molecule has 0 saturated carbocycles. The van der Waals surface area contributed by atoms with E-state index in [2.05, 4.69) is 42.5 Å². The second-order valence-electron chi connectivity index (χ2n) is 4.73. The van der Waals surface area contributed by atoms with Crippen LogP contribution in [0.3, 0.4) is 0 Å². The number of hydrogen-bond acceptors (Lipinski definition) is 2. The zero-order valence-corrected chi connectivity index (χ0v) is 13.7. The number of rotatable bonds is 0. The molecule has 0 radical (unpaired) electrons. The van der Waals surface area contributed by atoms with E-state index in [4.69, 9.17) is 9.97 Å². The van der Waals surface area contributed by atoms with E-state index < -0.39 is 0 Å². The molecule has 0 fully saturated rings. The van der Waals surface area contributed by atoms with Crippen molar-refractivity contribution >= 4 is 65.0 Å². The lowest BCUT2D eigenvalue weighted by Crippen LogP contribution is -1.92. The Balaban J connectivity index is 2.31. The Kier molecular flexibility index (Phi) is 2.62. The summed E-state index contributed by atoms with van der Waals surface area (Å²) in [5.41, 5.74) is 4.78. The molecule has 2 aromatic carbocycles. The first-order valence-electron chi connectivity index (χ1n) is 6.15. The first-order chi connectivity index (χ1) is 9.65. The van der Waals surface area contributed by atoms with E-state index in [9.17, 15) is 0 Å². The van der Waals surface area contributed by atoms with Crippen molar-refractivity contribution in [2.24, 2.45) is 7.05 Å². The molecule has 2 aromatic heterocycles. The van der Waals surface area contributed by atoms with Crippen molar-refractivity contribution in [3.05, 3.63) is 45.3 Å². The first-order valence-corrected chi connectivity index (χ1v) is 7.73. The molecule has 0 spiro atoms. The van der Waals surface area contributed by atoms with Gasteiger partial charge in [0.05, 0.1) is 16.6 Å². The molecule has 4 aromatic rings. The van der Waals surface area contributed by atoms with Crippen LogP contribution in [-0.4, -0.2) is 14.5 Å². The molecular formula is C15H9Br2N3. The van der Waals surface area contributed by atoms with Crippen LogP contribution in [0.1, 0.15) is 0 Å². The zero-order valence-electron chi connectivity index (χ0n) is 10.6.